The van der Waals surface area contributed by atoms with Gasteiger partial charge < -0.3 is 10.3 Å². The summed E-state index contributed by atoms with van der Waals surface area (Å²) >= 11 is -1.44. The standard InChI is InChI=1S/C13H21N5OS/c14-12-13(17-20(19)16-12)15-8-4-2-1-3-5-9-18-10-6-7-11-18/h1-2,4,6-11H2,(H2,14,16)(H,15,17). The highest BCUT2D eigenvalue weighted by molar-refractivity contribution is 7.13. The van der Waals surface area contributed by atoms with Crippen molar-refractivity contribution in [1.82, 2.24) is 13.6 Å². The maximum Gasteiger partial charge on any atom is 0.229 e. The molecule has 0 radical (unpaired) electrons. The molecule has 3 N–H and O–H groups in total. The highest BCUT2D eigenvalue weighted by Crippen LogP contribution is 2.05. The van der Waals surface area contributed by atoms with Crippen LogP contribution in [0.4, 0.5) is 5.82 Å². The lowest BCUT2D eigenvalue weighted by atomic mass is 10.2. The number of hydrogen-bond acceptors (Lipinski definition) is 5. The van der Waals surface area contributed by atoms with Crippen molar-refractivity contribution in [2.75, 3.05) is 31.9 Å². The molecule has 1 aromatic heterocycles. The van der Waals surface area contributed by atoms with E-state index in [0.717, 1.165) is 25.8 Å². The second kappa shape index (κ2) is 8.04. The summed E-state index contributed by atoms with van der Waals surface area (Å²) in [6.45, 7) is 3.96. The Morgan fingerprint density at radius 1 is 1.35 bits per heavy atom. The van der Waals surface area contributed by atoms with E-state index in [1.165, 1.54) is 25.9 Å². The van der Waals surface area contributed by atoms with Crippen LogP contribution in [0.5, 0.6) is 0 Å². The number of rotatable bonds is 5. The fraction of sp³-hybridized carbons (Fsp3) is 0.692. The van der Waals surface area contributed by atoms with Crippen LogP contribution in [0, 0.1) is 11.8 Å². The molecule has 1 atom stereocenters. The lowest BCUT2D eigenvalue weighted by Crippen LogP contribution is -2.18. The minimum absolute atomic E-state index is 0.230. The monoisotopic (exact) mass is 295 g/mol. The van der Waals surface area contributed by atoms with Crippen LogP contribution in [-0.2, 0) is 0 Å². The predicted molar refractivity (Wildman–Crippen MR) is 79.4 cm³/mol. The number of aromatic amines is 1. The molecule has 6 nitrogen and oxygen atoms in total. The fourth-order valence-corrected chi connectivity index (χ4v) is 2.76. The summed E-state index contributed by atoms with van der Waals surface area (Å²) in [5.41, 5.74) is 5.99. The maximum absolute atomic E-state index is 11.0. The van der Waals surface area contributed by atoms with Gasteiger partial charge in [0.05, 0.1) is 6.54 Å². The zero-order valence-corrected chi connectivity index (χ0v) is 12.4. The molecule has 1 unspecified atom stereocenters. The van der Waals surface area contributed by atoms with Gasteiger partial charge in [0.15, 0.2) is 11.1 Å². The smallest absolute Gasteiger partial charge is 0.229 e. The number of anilines is 1. The number of aromatic nitrogens is 2. The van der Waals surface area contributed by atoms with Crippen molar-refractivity contribution in [3.63, 3.8) is 0 Å². The van der Waals surface area contributed by atoms with E-state index in [2.05, 4.69) is 30.5 Å². The van der Waals surface area contributed by atoms with Gasteiger partial charge >= 0.3 is 0 Å². The van der Waals surface area contributed by atoms with Crippen molar-refractivity contribution in [3.8, 4) is 11.8 Å². The topological polar surface area (TPSA) is 93.4 Å². The minimum Gasteiger partial charge on any atom is -0.548 e. The van der Waals surface area contributed by atoms with Crippen LogP contribution in [0.15, 0.2) is 4.99 Å². The third-order valence-electron chi connectivity index (χ3n) is 3.21. The minimum atomic E-state index is -1.44. The number of nitrogen functional groups attached to an aromatic ring is 1. The number of H-pyrrole nitrogens is 1. The molecule has 7 heteroatoms. The van der Waals surface area contributed by atoms with Gasteiger partial charge in [-0.3, -0.25) is 9.89 Å². The lowest BCUT2D eigenvalue weighted by molar-refractivity contribution is 0.383. The van der Waals surface area contributed by atoms with Gasteiger partial charge in [-0.1, -0.05) is 5.92 Å². The van der Waals surface area contributed by atoms with Crippen LogP contribution >= 0.6 is 11.1 Å². The van der Waals surface area contributed by atoms with Gasteiger partial charge in [-0.15, -0.1) is 10.3 Å². The number of nitrogens with zero attached hydrogens (tertiary/aromatic N) is 3. The quantitative estimate of drug-likeness (QED) is 0.479. The zero-order valence-electron chi connectivity index (χ0n) is 11.6. The Morgan fingerprint density at radius 3 is 2.85 bits per heavy atom. The summed E-state index contributed by atoms with van der Waals surface area (Å²) < 4.78 is 17.3. The summed E-state index contributed by atoms with van der Waals surface area (Å²) in [6, 6.07) is 0. The van der Waals surface area contributed by atoms with Crippen LogP contribution in [0.25, 0.3) is 0 Å². The third-order valence-corrected chi connectivity index (χ3v) is 3.94. The van der Waals surface area contributed by atoms with E-state index >= 15 is 0 Å². The first-order valence-corrected chi connectivity index (χ1v) is 8.12. The van der Waals surface area contributed by atoms with Gasteiger partial charge in [0.2, 0.25) is 11.3 Å². The maximum atomic E-state index is 11.0. The van der Waals surface area contributed by atoms with Gasteiger partial charge in [-0.05, 0) is 38.8 Å². The van der Waals surface area contributed by atoms with Crippen LogP contribution in [0.2, 0.25) is 0 Å². The van der Waals surface area contributed by atoms with Crippen LogP contribution in [0.3, 0.4) is 0 Å². The highest BCUT2D eigenvalue weighted by Gasteiger charge is 2.08. The molecular weight excluding hydrogens is 274 g/mol. The Hall–Kier alpha value is -1.36. The number of nitrogens with two attached hydrogens (primary N) is 1. The Morgan fingerprint density at radius 2 is 2.15 bits per heavy atom. The van der Waals surface area contributed by atoms with E-state index < -0.39 is 11.1 Å². The molecular formula is C13H21N5OS. The molecule has 0 spiro atoms. The first-order valence-electron chi connectivity index (χ1n) is 7.01. The molecule has 1 aromatic rings. The first-order chi connectivity index (χ1) is 9.75. The van der Waals surface area contributed by atoms with Crippen molar-refractivity contribution < 1.29 is 4.55 Å². The Labute approximate surface area is 122 Å². The summed E-state index contributed by atoms with van der Waals surface area (Å²) in [6.07, 6.45) is 5.50. The Balaban J connectivity index is 1.59. The van der Waals surface area contributed by atoms with Crippen LogP contribution < -0.4 is 11.2 Å². The SMILES string of the molecule is Nc1n[s+]([O-])[nH]c1=NCCCCC#CCN1CCCC1. The summed E-state index contributed by atoms with van der Waals surface area (Å²) in [7, 11) is 0. The van der Waals surface area contributed by atoms with Crippen molar-refractivity contribution >= 4 is 17.0 Å². The molecule has 0 aliphatic carbocycles. The molecule has 20 heavy (non-hydrogen) atoms. The molecule has 1 aliphatic rings. The number of hydrogen-bond donors (Lipinski definition) is 2. The zero-order chi connectivity index (χ0) is 14.2. The van der Waals surface area contributed by atoms with E-state index in [1.807, 2.05) is 0 Å². The summed E-state index contributed by atoms with van der Waals surface area (Å²) in [4.78, 5) is 6.63. The van der Waals surface area contributed by atoms with E-state index in [0.29, 0.717) is 12.0 Å². The normalized spacial score (nSPS) is 17.2. The molecule has 110 valence electrons. The van der Waals surface area contributed by atoms with E-state index in [1.54, 1.807) is 0 Å². The van der Waals surface area contributed by atoms with E-state index in [4.69, 9.17) is 5.73 Å². The second-order valence-electron chi connectivity index (χ2n) is 4.85. The molecule has 0 saturated carbocycles. The summed E-state index contributed by atoms with van der Waals surface area (Å²) in [5, 5.41) is 0. The van der Waals surface area contributed by atoms with Gasteiger partial charge in [-0.25, -0.2) is 0 Å². The molecule has 2 heterocycles. The van der Waals surface area contributed by atoms with Crippen molar-refractivity contribution in [2.24, 2.45) is 4.99 Å². The summed E-state index contributed by atoms with van der Waals surface area (Å²) in [5.74, 6) is 6.65. The average Bonchev–Trinajstić information content (AvgIpc) is 3.03. The van der Waals surface area contributed by atoms with Gasteiger partial charge in [0.1, 0.15) is 0 Å². The van der Waals surface area contributed by atoms with Crippen LogP contribution in [-0.4, -0.2) is 44.4 Å². The van der Waals surface area contributed by atoms with Crippen LogP contribution in [0.1, 0.15) is 32.1 Å². The molecule has 1 aliphatic heterocycles. The van der Waals surface area contributed by atoms with Crippen molar-refractivity contribution in [3.05, 3.63) is 5.49 Å². The van der Waals surface area contributed by atoms with Gasteiger partial charge in [-0.2, -0.15) is 0 Å². The molecule has 1 fully saturated rings. The van der Waals surface area contributed by atoms with Gasteiger partial charge in [0.25, 0.3) is 0 Å². The first kappa shape index (κ1) is 15.0. The van der Waals surface area contributed by atoms with Gasteiger partial charge in [0, 0.05) is 17.3 Å². The number of unbranched alkanes of at least 4 members (excludes halogenated alkanes) is 2. The lowest BCUT2D eigenvalue weighted by Gasteiger charge is -2.08. The molecule has 1 saturated heterocycles. The van der Waals surface area contributed by atoms with E-state index in [9.17, 15) is 4.55 Å². The number of likely N-dealkylation sites (tertiary alicyclic amines) is 1. The molecule has 0 aromatic carbocycles. The van der Waals surface area contributed by atoms with Crippen molar-refractivity contribution in [1.29, 1.82) is 0 Å². The number of nitrogens with one attached hydrogen (secondary N) is 1. The second-order valence-corrected chi connectivity index (χ2v) is 5.74. The third kappa shape index (κ3) is 4.96. The molecule has 0 bridgehead atoms. The highest BCUT2D eigenvalue weighted by atomic mass is 32.2. The Kier molecular flexibility index (Phi) is 6.05. The predicted octanol–water partition coefficient (Wildman–Crippen LogP) is 0.890. The average molecular weight is 295 g/mol. The Bertz CT molecular complexity index is 533. The van der Waals surface area contributed by atoms with E-state index in [-0.39, 0.29) is 5.82 Å². The fourth-order valence-electron chi connectivity index (χ4n) is 2.12. The molecule has 0 amide bonds. The largest absolute Gasteiger partial charge is 0.548 e. The molecule has 2 rings (SSSR count). The van der Waals surface area contributed by atoms with Crippen molar-refractivity contribution in [2.45, 2.75) is 32.1 Å².